The van der Waals surface area contributed by atoms with E-state index in [1.54, 1.807) is 26.6 Å². The maximum Gasteiger partial charge on any atom is 0.239 e. The molecular weight excluding hydrogens is 450 g/mol. The lowest BCUT2D eigenvalue weighted by Gasteiger charge is -2.20. The quantitative estimate of drug-likeness (QED) is 0.344. The predicted octanol–water partition coefficient (Wildman–Crippen LogP) is 4.70. The molecule has 3 heterocycles. The Morgan fingerprint density at radius 2 is 1.68 bits per heavy atom. The lowest BCUT2D eigenvalue weighted by Crippen LogP contribution is -2.14. The van der Waals surface area contributed by atoms with Gasteiger partial charge in [0.1, 0.15) is 22.9 Å². The maximum absolute atomic E-state index is 5.66. The molecule has 0 spiro atoms. The zero-order chi connectivity index (χ0) is 24.1. The maximum atomic E-state index is 5.66. The van der Waals surface area contributed by atoms with E-state index in [9.17, 15) is 0 Å². The van der Waals surface area contributed by atoms with Crippen LogP contribution in [0.2, 0.25) is 0 Å². The van der Waals surface area contributed by atoms with Gasteiger partial charge in [0.05, 0.1) is 25.6 Å². The van der Waals surface area contributed by atoms with E-state index in [-0.39, 0.29) is 11.2 Å². The first-order chi connectivity index (χ1) is 16.5. The summed E-state index contributed by atoms with van der Waals surface area (Å²) in [7, 11) is 3.24. The molecule has 0 saturated heterocycles. The van der Waals surface area contributed by atoms with Crippen LogP contribution in [-0.2, 0) is 0 Å². The summed E-state index contributed by atoms with van der Waals surface area (Å²) >= 11 is 1.54. The van der Waals surface area contributed by atoms with Gasteiger partial charge in [-0.05, 0) is 43.1 Å². The molecule has 0 aliphatic heterocycles. The van der Waals surface area contributed by atoms with Crippen molar-refractivity contribution in [2.24, 2.45) is 0 Å². The van der Waals surface area contributed by atoms with Crippen molar-refractivity contribution in [1.29, 1.82) is 0 Å². The monoisotopic (exact) mass is 477 g/mol. The smallest absolute Gasteiger partial charge is 0.239 e. The Morgan fingerprint density at radius 1 is 0.912 bits per heavy atom. The highest BCUT2D eigenvalue weighted by Crippen LogP contribution is 2.38. The van der Waals surface area contributed by atoms with Gasteiger partial charge in [0.2, 0.25) is 5.95 Å². The molecule has 1 aromatic carbocycles. The average molecular weight is 478 g/mol. The van der Waals surface area contributed by atoms with Gasteiger partial charge in [-0.1, -0.05) is 26.0 Å². The van der Waals surface area contributed by atoms with Gasteiger partial charge < -0.3 is 9.47 Å². The van der Waals surface area contributed by atoms with E-state index in [2.05, 4.69) is 43.7 Å². The summed E-state index contributed by atoms with van der Waals surface area (Å²) in [6, 6.07) is 11.3. The van der Waals surface area contributed by atoms with Gasteiger partial charge in [-0.2, -0.15) is 0 Å². The molecule has 0 fully saturated rings. The number of aryl methyl sites for hydroxylation is 1. The van der Waals surface area contributed by atoms with Gasteiger partial charge in [-0.25, -0.2) is 0 Å². The largest absolute Gasteiger partial charge is 0.494 e. The van der Waals surface area contributed by atoms with Crippen molar-refractivity contribution in [3.63, 3.8) is 0 Å². The number of para-hydroxylation sites is 1. The van der Waals surface area contributed by atoms with E-state index in [4.69, 9.17) is 9.47 Å². The second-order valence-corrected chi connectivity index (χ2v) is 8.89. The number of pyridine rings is 1. The number of nitrogens with zero attached hydrogens (tertiary/aromatic N) is 6. The summed E-state index contributed by atoms with van der Waals surface area (Å²) in [6.45, 7) is 6.19. The first kappa shape index (κ1) is 23.5. The number of aromatic nitrogens is 6. The molecule has 4 aromatic rings. The first-order valence-electron chi connectivity index (χ1n) is 10.8. The van der Waals surface area contributed by atoms with Gasteiger partial charge in [0.25, 0.3) is 0 Å². The van der Waals surface area contributed by atoms with Gasteiger partial charge in [-0.15, -0.1) is 10.2 Å². The lowest BCUT2D eigenvalue weighted by molar-refractivity contribution is 0.391. The Kier molecular flexibility index (Phi) is 7.27. The third kappa shape index (κ3) is 4.81. The Bertz CT molecular complexity index is 1210. The van der Waals surface area contributed by atoms with Gasteiger partial charge >= 0.3 is 0 Å². The van der Waals surface area contributed by atoms with Crippen LogP contribution in [-0.4, -0.2) is 49.2 Å². The molecule has 0 aliphatic rings. The van der Waals surface area contributed by atoms with E-state index < -0.39 is 0 Å². The van der Waals surface area contributed by atoms with Crippen molar-refractivity contribution < 1.29 is 9.47 Å². The number of ether oxygens (including phenoxy) is 2. The molecule has 0 aliphatic carbocycles. The number of benzene rings is 1. The standard InChI is InChI=1S/C24H27N7O2S/c1-15-13-27-19(14-26-15)16(2)17(3)34-30-24-29-28-23(18-9-6-7-12-25-18)31(24)22-20(32-4)10-8-11-21(22)33-5/h6-14,16-17H,1-5H3,(H,29,30). The van der Waals surface area contributed by atoms with Crippen molar-refractivity contribution in [2.75, 3.05) is 18.9 Å². The molecule has 176 valence electrons. The van der Waals surface area contributed by atoms with E-state index in [0.717, 1.165) is 11.4 Å². The van der Waals surface area contributed by atoms with Crippen molar-refractivity contribution in [1.82, 2.24) is 29.7 Å². The van der Waals surface area contributed by atoms with Crippen LogP contribution >= 0.6 is 11.9 Å². The Labute approximate surface area is 203 Å². The Hall–Kier alpha value is -3.66. The summed E-state index contributed by atoms with van der Waals surface area (Å²) in [5, 5.41) is 9.05. The second-order valence-electron chi connectivity index (χ2n) is 7.71. The van der Waals surface area contributed by atoms with Crippen molar-refractivity contribution in [3.8, 4) is 28.7 Å². The number of methoxy groups -OCH3 is 2. The predicted molar refractivity (Wildman–Crippen MR) is 134 cm³/mol. The summed E-state index contributed by atoms with van der Waals surface area (Å²) in [4.78, 5) is 13.4. The Morgan fingerprint density at radius 3 is 2.29 bits per heavy atom. The van der Waals surface area contributed by atoms with E-state index in [1.807, 2.05) is 54.1 Å². The van der Waals surface area contributed by atoms with Crippen molar-refractivity contribution in [3.05, 3.63) is 66.4 Å². The molecule has 1 N–H and O–H groups in total. The first-order valence-corrected chi connectivity index (χ1v) is 11.7. The van der Waals surface area contributed by atoms with Crippen LogP contribution in [0, 0.1) is 6.92 Å². The highest BCUT2D eigenvalue weighted by atomic mass is 32.2. The molecule has 0 radical (unpaired) electrons. The third-order valence-corrected chi connectivity index (χ3v) is 6.57. The Balaban J connectivity index is 1.70. The molecule has 3 aromatic heterocycles. The molecule has 2 atom stereocenters. The van der Waals surface area contributed by atoms with Crippen LogP contribution in [0.25, 0.3) is 17.2 Å². The minimum atomic E-state index is 0.165. The van der Waals surface area contributed by atoms with Crippen LogP contribution in [0.3, 0.4) is 0 Å². The molecule has 34 heavy (non-hydrogen) atoms. The minimum absolute atomic E-state index is 0.165. The molecule has 0 saturated carbocycles. The third-order valence-electron chi connectivity index (χ3n) is 5.49. The number of hydrogen-bond donors (Lipinski definition) is 1. The summed E-state index contributed by atoms with van der Waals surface area (Å²) in [6.07, 6.45) is 5.35. The molecule has 4 rings (SSSR count). The number of hydrogen-bond acceptors (Lipinski definition) is 9. The molecule has 0 bridgehead atoms. The molecule has 0 amide bonds. The molecular formula is C24H27N7O2S. The fraction of sp³-hybridized carbons (Fsp3) is 0.292. The second kappa shape index (κ2) is 10.5. The van der Waals surface area contributed by atoms with E-state index in [1.165, 1.54) is 11.9 Å². The lowest BCUT2D eigenvalue weighted by atomic mass is 10.1. The normalized spacial score (nSPS) is 12.7. The minimum Gasteiger partial charge on any atom is -0.494 e. The molecule has 10 heteroatoms. The summed E-state index contributed by atoms with van der Waals surface area (Å²) in [5.41, 5.74) is 3.20. The van der Waals surface area contributed by atoms with E-state index in [0.29, 0.717) is 34.7 Å². The fourth-order valence-electron chi connectivity index (χ4n) is 3.40. The van der Waals surface area contributed by atoms with Crippen molar-refractivity contribution >= 4 is 17.9 Å². The van der Waals surface area contributed by atoms with Crippen LogP contribution in [0.15, 0.2) is 55.0 Å². The van der Waals surface area contributed by atoms with Gasteiger partial charge in [0, 0.05) is 29.8 Å². The van der Waals surface area contributed by atoms with Crippen LogP contribution in [0.5, 0.6) is 11.5 Å². The summed E-state index contributed by atoms with van der Waals surface area (Å²) < 4.78 is 16.6. The van der Waals surface area contributed by atoms with Crippen molar-refractivity contribution in [2.45, 2.75) is 31.9 Å². The highest BCUT2D eigenvalue weighted by molar-refractivity contribution is 8.01. The zero-order valence-electron chi connectivity index (χ0n) is 19.8. The van der Waals surface area contributed by atoms with Gasteiger partial charge in [-0.3, -0.25) is 24.2 Å². The van der Waals surface area contributed by atoms with Crippen LogP contribution in [0.1, 0.15) is 31.2 Å². The van der Waals surface area contributed by atoms with E-state index >= 15 is 0 Å². The summed E-state index contributed by atoms with van der Waals surface area (Å²) in [5.74, 6) is 2.51. The molecule has 9 nitrogen and oxygen atoms in total. The fourth-order valence-corrected chi connectivity index (χ4v) is 4.17. The number of nitrogens with one attached hydrogen (secondary N) is 1. The number of anilines is 1. The van der Waals surface area contributed by atoms with Crippen LogP contribution < -0.4 is 14.2 Å². The SMILES string of the molecule is COc1cccc(OC)c1-n1c(NSC(C)C(C)c2cnc(C)cn2)nnc1-c1ccccn1. The van der Waals surface area contributed by atoms with Gasteiger partial charge in [0.15, 0.2) is 5.82 Å². The average Bonchev–Trinajstić information content (AvgIpc) is 3.30. The molecule has 2 unspecified atom stereocenters. The topological polar surface area (TPSA) is 99.9 Å². The highest BCUT2D eigenvalue weighted by Gasteiger charge is 2.24. The van der Waals surface area contributed by atoms with Crippen LogP contribution in [0.4, 0.5) is 5.95 Å². The number of rotatable bonds is 9. The zero-order valence-corrected chi connectivity index (χ0v) is 20.6.